The number of quaternary nitrogens is 1. The number of carbonyl (C=O) groups is 1. The SMILES string of the molecule is CCCCCCC=COC(CC(=O)O)C[N+](C)(C)C. The summed E-state index contributed by atoms with van der Waals surface area (Å²) in [5.74, 6) is -0.810. The molecule has 0 aromatic heterocycles. The molecular formula is C15H30NO3+. The molecule has 1 N–H and O–H groups in total. The van der Waals surface area contributed by atoms with E-state index in [1.165, 1.54) is 25.7 Å². The van der Waals surface area contributed by atoms with E-state index in [2.05, 4.69) is 6.92 Å². The summed E-state index contributed by atoms with van der Waals surface area (Å²) in [6.07, 6.45) is 9.41. The maximum absolute atomic E-state index is 10.8. The van der Waals surface area contributed by atoms with E-state index < -0.39 is 5.97 Å². The van der Waals surface area contributed by atoms with Gasteiger partial charge >= 0.3 is 5.97 Å². The van der Waals surface area contributed by atoms with Crippen LogP contribution in [-0.2, 0) is 9.53 Å². The van der Waals surface area contributed by atoms with Gasteiger partial charge < -0.3 is 14.3 Å². The van der Waals surface area contributed by atoms with E-state index in [0.717, 1.165) is 6.42 Å². The Morgan fingerprint density at radius 1 is 1.26 bits per heavy atom. The van der Waals surface area contributed by atoms with Gasteiger partial charge in [0.2, 0.25) is 0 Å². The Morgan fingerprint density at radius 2 is 1.95 bits per heavy atom. The highest BCUT2D eigenvalue weighted by Gasteiger charge is 2.21. The molecule has 0 aliphatic carbocycles. The number of rotatable bonds is 11. The largest absolute Gasteiger partial charge is 0.492 e. The van der Waals surface area contributed by atoms with Gasteiger partial charge in [-0.25, -0.2) is 0 Å². The van der Waals surface area contributed by atoms with Gasteiger partial charge in [-0.05, 0) is 18.9 Å². The second-order valence-electron chi connectivity index (χ2n) is 6.05. The molecule has 0 fully saturated rings. The molecule has 112 valence electrons. The Labute approximate surface area is 117 Å². The van der Waals surface area contributed by atoms with Crippen molar-refractivity contribution in [3.05, 3.63) is 12.3 Å². The fourth-order valence-corrected chi connectivity index (χ4v) is 1.89. The van der Waals surface area contributed by atoms with Crippen LogP contribution in [0.15, 0.2) is 12.3 Å². The second kappa shape index (κ2) is 9.84. The highest BCUT2D eigenvalue weighted by molar-refractivity contribution is 5.67. The lowest BCUT2D eigenvalue weighted by molar-refractivity contribution is -0.873. The van der Waals surface area contributed by atoms with Crippen molar-refractivity contribution in [1.82, 2.24) is 0 Å². The lowest BCUT2D eigenvalue weighted by Gasteiger charge is -2.28. The van der Waals surface area contributed by atoms with E-state index in [0.29, 0.717) is 11.0 Å². The number of carboxylic acid groups (broad SMARTS) is 1. The minimum atomic E-state index is -0.810. The molecular weight excluding hydrogens is 242 g/mol. The van der Waals surface area contributed by atoms with Crippen molar-refractivity contribution >= 4 is 5.97 Å². The van der Waals surface area contributed by atoms with Crippen LogP contribution in [0.3, 0.4) is 0 Å². The van der Waals surface area contributed by atoms with Crippen LogP contribution in [0.4, 0.5) is 0 Å². The highest BCUT2D eigenvalue weighted by atomic mass is 16.5. The van der Waals surface area contributed by atoms with Crippen LogP contribution in [0.1, 0.15) is 45.4 Å². The molecule has 0 heterocycles. The number of hydrogen-bond acceptors (Lipinski definition) is 2. The van der Waals surface area contributed by atoms with Crippen molar-refractivity contribution in [2.24, 2.45) is 0 Å². The van der Waals surface area contributed by atoms with E-state index in [-0.39, 0.29) is 12.5 Å². The van der Waals surface area contributed by atoms with Gasteiger partial charge in [0.15, 0.2) is 6.10 Å². The minimum Gasteiger partial charge on any atom is -0.492 e. The molecule has 0 aliphatic heterocycles. The molecule has 1 atom stereocenters. The number of nitrogens with zero attached hydrogens (tertiary/aromatic N) is 1. The van der Waals surface area contributed by atoms with E-state index in [9.17, 15) is 4.79 Å². The van der Waals surface area contributed by atoms with E-state index in [1.807, 2.05) is 27.2 Å². The summed E-state index contributed by atoms with van der Waals surface area (Å²) in [5.41, 5.74) is 0. The molecule has 4 heteroatoms. The molecule has 4 nitrogen and oxygen atoms in total. The van der Waals surface area contributed by atoms with Crippen LogP contribution in [0, 0.1) is 0 Å². The zero-order chi connectivity index (χ0) is 14.7. The number of likely N-dealkylation sites (N-methyl/N-ethyl adjacent to an activating group) is 1. The van der Waals surface area contributed by atoms with Gasteiger partial charge in [-0.15, -0.1) is 0 Å². The van der Waals surface area contributed by atoms with Crippen molar-refractivity contribution in [3.8, 4) is 0 Å². The summed E-state index contributed by atoms with van der Waals surface area (Å²) in [5, 5.41) is 8.87. The molecule has 0 aromatic rings. The van der Waals surface area contributed by atoms with Crippen LogP contribution in [-0.4, -0.2) is 49.4 Å². The summed E-state index contributed by atoms with van der Waals surface area (Å²) in [7, 11) is 6.10. The van der Waals surface area contributed by atoms with Gasteiger partial charge in [0, 0.05) is 0 Å². The van der Waals surface area contributed by atoms with Crippen molar-refractivity contribution < 1.29 is 19.1 Å². The van der Waals surface area contributed by atoms with Crippen LogP contribution >= 0.6 is 0 Å². The minimum absolute atomic E-state index is 0.0513. The summed E-state index contributed by atoms with van der Waals surface area (Å²) in [6, 6.07) is 0. The molecule has 0 bridgehead atoms. The molecule has 19 heavy (non-hydrogen) atoms. The molecule has 0 saturated heterocycles. The number of hydrogen-bond donors (Lipinski definition) is 1. The summed E-state index contributed by atoms with van der Waals surface area (Å²) in [6.45, 7) is 2.88. The van der Waals surface area contributed by atoms with Crippen LogP contribution in [0.2, 0.25) is 0 Å². The molecule has 0 aliphatic rings. The fourth-order valence-electron chi connectivity index (χ4n) is 1.89. The van der Waals surface area contributed by atoms with Crippen LogP contribution in [0.25, 0.3) is 0 Å². The number of ether oxygens (including phenoxy) is 1. The molecule has 0 spiro atoms. The molecule has 0 saturated carbocycles. The Balaban J connectivity index is 3.97. The average molecular weight is 272 g/mol. The zero-order valence-electron chi connectivity index (χ0n) is 12.9. The first-order valence-electron chi connectivity index (χ1n) is 7.18. The first kappa shape index (κ1) is 18.0. The van der Waals surface area contributed by atoms with E-state index in [1.54, 1.807) is 6.26 Å². The summed E-state index contributed by atoms with van der Waals surface area (Å²) >= 11 is 0. The van der Waals surface area contributed by atoms with Crippen LogP contribution < -0.4 is 0 Å². The number of allylic oxidation sites excluding steroid dienone is 1. The van der Waals surface area contributed by atoms with Crippen molar-refractivity contribution in [3.63, 3.8) is 0 Å². The van der Waals surface area contributed by atoms with Crippen molar-refractivity contribution in [2.45, 2.75) is 51.6 Å². The number of aliphatic carboxylic acids is 1. The predicted molar refractivity (Wildman–Crippen MR) is 77.9 cm³/mol. The first-order chi connectivity index (χ1) is 8.85. The molecule has 0 rings (SSSR count). The van der Waals surface area contributed by atoms with Gasteiger partial charge in [-0.2, -0.15) is 0 Å². The third kappa shape index (κ3) is 13.2. The normalized spacial score (nSPS) is 13.7. The standard InChI is InChI=1S/C15H29NO3/c1-5-6-7-8-9-10-11-19-14(12-15(17)18)13-16(2,3)4/h10-11,14H,5-9,12-13H2,1-4H3/p+1. The predicted octanol–water partition coefficient (Wildman–Crippen LogP) is 3.04. The lowest BCUT2D eigenvalue weighted by Crippen LogP contribution is -2.42. The Kier molecular flexibility index (Phi) is 9.31. The molecule has 0 aromatic carbocycles. The number of unbranched alkanes of at least 4 members (excludes halogenated alkanes) is 4. The van der Waals surface area contributed by atoms with E-state index >= 15 is 0 Å². The molecule has 0 amide bonds. The van der Waals surface area contributed by atoms with Gasteiger partial charge in [0.1, 0.15) is 6.54 Å². The third-order valence-corrected chi connectivity index (χ3v) is 2.75. The lowest BCUT2D eigenvalue weighted by atomic mass is 10.1. The smallest absolute Gasteiger partial charge is 0.307 e. The summed E-state index contributed by atoms with van der Waals surface area (Å²) < 4.78 is 6.26. The fraction of sp³-hybridized carbons (Fsp3) is 0.800. The third-order valence-electron chi connectivity index (χ3n) is 2.75. The van der Waals surface area contributed by atoms with Gasteiger partial charge in [0.05, 0.1) is 33.8 Å². The Hall–Kier alpha value is -1.03. The molecule has 0 radical (unpaired) electrons. The van der Waals surface area contributed by atoms with E-state index in [4.69, 9.17) is 9.84 Å². The first-order valence-corrected chi connectivity index (χ1v) is 7.18. The quantitative estimate of drug-likeness (QED) is 0.357. The average Bonchev–Trinajstić information content (AvgIpc) is 2.24. The summed E-state index contributed by atoms with van der Waals surface area (Å²) in [4.78, 5) is 10.8. The zero-order valence-corrected chi connectivity index (χ0v) is 12.9. The topological polar surface area (TPSA) is 46.5 Å². The second-order valence-corrected chi connectivity index (χ2v) is 6.05. The number of carboxylic acids is 1. The Bertz CT molecular complexity index is 269. The maximum atomic E-state index is 10.8. The maximum Gasteiger partial charge on any atom is 0.307 e. The van der Waals surface area contributed by atoms with Crippen molar-refractivity contribution in [2.75, 3.05) is 27.7 Å². The van der Waals surface area contributed by atoms with Gasteiger partial charge in [-0.3, -0.25) is 4.79 Å². The van der Waals surface area contributed by atoms with Gasteiger partial charge in [0.25, 0.3) is 0 Å². The Morgan fingerprint density at radius 3 is 2.47 bits per heavy atom. The van der Waals surface area contributed by atoms with Crippen LogP contribution in [0.5, 0.6) is 0 Å². The highest BCUT2D eigenvalue weighted by Crippen LogP contribution is 2.07. The van der Waals surface area contributed by atoms with Crippen molar-refractivity contribution in [1.29, 1.82) is 0 Å². The molecule has 1 unspecified atom stereocenters. The monoisotopic (exact) mass is 272 g/mol. The van der Waals surface area contributed by atoms with Gasteiger partial charge in [-0.1, -0.05) is 26.2 Å².